The molecule has 1 aromatic heterocycles. The van der Waals surface area contributed by atoms with Gasteiger partial charge in [-0.15, -0.1) is 0 Å². The zero-order chi connectivity index (χ0) is 9.14. The van der Waals surface area contributed by atoms with E-state index in [4.69, 9.17) is 0 Å². The molecule has 0 aromatic carbocycles. The second-order valence-corrected chi connectivity index (χ2v) is 2.77. The van der Waals surface area contributed by atoms with Crippen molar-refractivity contribution >= 4 is 0 Å². The molecule has 1 N–H and O–H groups in total. The summed E-state index contributed by atoms with van der Waals surface area (Å²) in [6.07, 6.45) is 2.39. The van der Waals surface area contributed by atoms with Crippen LogP contribution in [-0.2, 0) is 0 Å². The van der Waals surface area contributed by atoms with Gasteiger partial charge in [0.25, 0.3) is 5.56 Å². The van der Waals surface area contributed by atoms with Gasteiger partial charge in [-0.05, 0) is 13.3 Å². The number of nitrogens with one attached hydrogen (secondary N) is 1. The minimum atomic E-state index is -0.348. The minimum absolute atomic E-state index is 0.134. The Morgan fingerprint density at radius 3 is 2.75 bits per heavy atom. The number of aromatic amines is 1. The molecule has 1 rings (SSSR count). The lowest BCUT2D eigenvalue weighted by molar-refractivity contribution is 0.502. The molecular weight excluding hydrogens is 156 g/mol. The van der Waals surface area contributed by atoms with Gasteiger partial charge < -0.3 is 0 Å². The maximum absolute atomic E-state index is 11.1. The molecule has 1 atom stereocenters. The number of H-pyrrole nitrogens is 1. The van der Waals surface area contributed by atoms with Crippen molar-refractivity contribution in [1.82, 2.24) is 9.55 Å². The van der Waals surface area contributed by atoms with Crippen LogP contribution in [0.5, 0.6) is 0 Å². The first kappa shape index (κ1) is 8.77. The Balaban J connectivity index is 3.19. The van der Waals surface area contributed by atoms with Gasteiger partial charge in [-0.3, -0.25) is 14.3 Å². The monoisotopic (exact) mass is 168 g/mol. The molecule has 0 unspecified atom stereocenters. The van der Waals surface area contributed by atoms with Gasteiger partial charge in [-0.1, -0.05) is 6.92 Å². The standard InChI is InChI=1S/C8H12N2O2/c1-3-6(2)10-5-4-7(11)9-8(10)12/h4-6H,3H2,1-2H3,(H,9,11,12)/t6-/m1/s1. The van der Waals surface area contributed by atoms with Gasteiger partial charge in [-0.2, -0.15) is 0 Å². The summed E-state index contributed by atoms with van der Waals surface area (Å²) in [6.45, 7) is 3.92. The van der Waals surface area contributed by atoms with Crippen LogP contribution in [-0.4, -0.2) is 9.55 Å². The molecular formula is C8H12N2O2. The van der Waals surface area contributed by atoms with E-state index in [1.807, 2.05) is 13.8 Å². The third kappa shape index (κ3) is 1.64. The molecule has 0 aliphatic rings. The lowest BCUT2D eigenvalue weighted by Crippen LogP contribution is -2.30. The van der Waals surface area contributed by atoms with Gasteiger partial charge in [0.05, 0.1) is 0 Å². The maximum Gasteiger partial charge on any atom is 0.328 e. The Bertz CT molecular complexity index is 364. The first-order valence-corrected chi connectivity index (χ1v) is 3.96. The molecule has 0 fully saturated rings. The van der Waals surface area contributed by atoms with Crippen LogP contribution < -0.4 is 11.2 Å². The highest BCUT2D eigenvalue weighted by molar-refractivity contribution is 4.84. The van der Waals surface area contributed by atoms with Crippen LogP contribution in [0.15, 0.2) is 21.9 Å². The summed E-state index contributed by atoms with van der Waals surface area (Å²) in [5, 5.41) is 0. The molecule has 12 heavy (non-hydrogen) atoms. The van der Waals surface area contributed by atoms with Crippen LogP contribution in [0, 0.1) is 0 Å². The number of aromatic nitrogens is 2. The van der Waals surface area contributed by atoms with Crippen molar-refractivity contribution in [2.45, 2.75) is 26.3 Å². The van der Waals surface area contributed by atoms with Gasteiger partial charge in [0.1, 0.15) is 0 Å². The Kier molecular flexibility index (Phi) is 2.47. The normalized spacial score (nSPS) is 12.8. The van der Waals surface area contributed by atoms with E-state index in [0.29, 0.717) is 0 Å². The van der Waals surface area contributed by atoms with Crippen molar-refractivity contribution in [2.75, 3.05) is 0 Å². The highest BCUT2D eigenvalue weighted by Crippen LogP contribution is 2.03. The van der Waals surface area contributed by atoms with E-state index in [1.165, 1.54) is 16.8 Å². The zero-order valence-electron chi connectivity index (χ0n) is 7.20. The second kappa shape index (κ2) is 3.38. The predicted octanol–water partition coefficient (Wildman–Crippen LogP) is 0.508. The molecule has 1 heterocycles. The van der Waals surface area contributed by atoms with Crippen LogP contribution in [0.25, 0.3) is 0 Å². The summed E-state index contributed by atoms with van der Waals surface area (Å²) in [6, 6.07) is 1.49. The topological polar surface area (TPSA) is 54.9 Å². The fraction of sp³-hybridized carbons (Fsp3) is 0.500. The summed E-state index contributed by atoms with van der Waals surface area (Å²) >= 11 is 0. The highest BCUT2D eigenvalue weighted by atomic mass is 16.2. The van der Waals surface area contributed by atoms with Crippen LogP contribution in [0.4, 0.5) is 0 Å². The first-order valence-electron chi connectivity index (χ1n) is 3.96. The molecule has 1 aromatic rings. The third-order valence-electron chi connectivity index (χ3n) is 1.92. The van der Waals surface area contributed by atoms with Crippen LogP contribution >= 0.6 is 0 Å². The Morgan fingerprint density at radius 2 is 2.25 bits per heavy atom. The van der Waals surface area contributed by atoms with Crippen molar-refractivity contribution in [3.05, 3.63) is 33.1 Å². The lowest BCUT2D eigenvalue weighted by Gasteiger charge is -2.10. The summed E-state index contributed by atoms with van der Waals surface area (Å²) in [4.78, 5) is 24.0. The molecule has 0 saturated heterocycles. The molecule has 4 heteroatoms. The van der Waals surface area contributed by atoms with Gasteiger partial charge in [0.15, 0.2) is 0 Å². The predicted molar refractivity (Wildman–Crippen MR) is 46.3 cm³/mol. The first-order chi connectivity index (χ1) is 5.65. The summed E-state index contributed by atoms with van der Waals surface area (Å²) in [5.41, 5.74) is -0.684. The van der Waals surface area contributed by atoms with Crippen molar-refractivity contribution in [2.24, 2.45) is 0 Å². The lowest BCUT2D eigenvalue weighted by atomic mass is 10.2. The van der Waals surface area contributed by atoms with Crippen LogP contribution in [0.2, 0.25) is 0 Å². The fourth-order valence-electron chi connectivity index (χ4n) is 0.971. The number of hydrogen-bond donors (Lipinski definition) is 1. The van der Waals surface area contributed by atoms with Gasteiger partial charge in [-0.25, -0.2) is 4.79 Å². The average Bonchev–Trinajstić information content (AvgIpc) is 2.03. The van der Waals surface area contributed by atoms with Gasteiger partial charge in [0, 0.05) is 18.3 Å². The molecule has 0 bridgehead atoms. The zero-order valence-corrected chi connectivity index (χ0v) is 7.20. The SMILES string of the molecule is CC[C@@H](C)n1ccc(=O)[nH]c1=O. The van der Waals surface area contributed by atoms with Crippen LogP contribution in [0.3, 0.4) is 0 Å². The maximum atomic E-state index is 11.1. The van der Waals surface area contributed by atoms with E-state index in [2.05, 4.69) is 4.98 Å². The largest absolute Gasteiger partial charge is 0.328 e. The fourth-order valence-corrected chi connectivity index (χ4v) is 0.971. The Labute approximate surface area is 69.9 Å². The highest BCUT2D eigenvalue weighted by Gasteiger charge is 2.02. The van der Waals surface area contributed by atoms with Crippen molar-refractivity contribution < 1.29 is 0 Å². The smallest absolute Gasteiger partial charge is 0.298 e. The third-order valence-corrected chi connectivity index (χ3v) is 1.92. The summed E-state index contributed by atoms with van der Waals surface area (Å²) < 4.78 is 1.52. The molecule has 0 radical (unpaired) electrons. The van der Waals surface area contributed by atoms with E-state index < -0.39 is 0 Å². The summed E-state index contributed by atoms with van der Waals surface area (Å²) in [5.74, 6) is 0. The van der Waals surface area contributed by atoms with Crippen LogP contribution in [0.1, 0.15) is 26.3 Å². The average molecular weight is 168 g/mol. The molecule has 0 aliphatic heterocycles. The number of rotatable bonds is 2. The van der Waals surface area contributed by atoms with Crippen molar-refractivity contribution in [1.29, 1.82) is 0 Å². The Morgan fingerprint density at radius 1 is 1.58 bits per heavy atom. The second-order valence-electron chi connectivity index (χ2n) is 2.77. The van der Waals surface area contributed by atoms with E-state index >= 15 is 0 Å². The molecule has 0 amide bonds. The number of hydrogen-bond acceptors (Lipinski definition) is 2. The van der Waals surface area contributed by atoms with E-state index in [9.17, 15) is 9.59 Å². The molecule has 0 spiro atoms. The minimum Gasteiger partial charge on any atom is -0.298 e. The van der Waals surface area contributed by atoms with Gasteiger partial charge in [0.2, 0.25) is 0 Å². The quantitative estimate of drug-likeness (QED) is 0.699. The van der Waals surface area contributed by atoms with E-state index in [-0.39, 0.29) is 17.3 Å². The number of nitrogens with zero attached hydrogens (tertiary/aromatic N) is 1. The van der Waals surface area contributed by atoms with Crippen molar-refractivity contribution in [3.63, 3.8) is 0 Å². The molecule has 4 nitrogen and oxygen atoms in total. The Hall–Kier alpha value is -1.32. The molecule has 66 valence electrons. The molecule has 0 aliphatic carbocycles. The van der Waals surface area contributed by atoms with Gasteiger partial charge >= 0.3 is 5.69 Å². The van der Waals surface area contributed by atoms with Crippen molar-refractivity contribution in [3.8, 4) is 0 Å². The van der Waals surface area contributed by atoms with E-state index in [1.54, 1.807) is 0 Å². The van der Waals surface area contributed by atoms with E-state index in [0.717, 1.165) is 6.42 Å². The summed E-state index contributed by atoms with van der Waals surface area (Å²) in [7, 11) is 0. The molecule has 0 saturated carbocycles.